The first-order chi connectivity index (χ1) is 9.60. The van der Waals surface area contributed by atoms with E-state index in [4.69, 9.17) is 10.5 Å². The highest BCUT2D eigenvalue weighted by atomic mass is 16.5. The number of carbonyl (C=O) groups excluding carboxylic acids is 1. The highest BCUT2D eigenvalue weighted by Crippen LogP contribution is 2.39. The van der Waals surface area contributed by atoms with Gasteiger partial charge in [0.15, 0.2) is 0 Å². The molecule has 1 saturated heterocycles. The Hall–Kier alpha value is -0.650. The van der Waals surface area contributed by atoms with Crippen molar-refractivity contribution < 1.29 is 14.6 Å². The van der Waals surface area contributed by atoms with Gasteiger partial charge in [-0.05, 0) is 31.7 Å². The maximum absolute atomic E-state index is 12.6. The fourth-order valence-electron chi connectivity index (χ4n) is 3.45. The molecule has 2 unspecified atom stereocenters. The topological polar surface area (TPSA) is 75.8 Å². The second-order valence-electron chi connectivity index (χ2n) is 6.47. The van der Waals surface area contributed by atoms with Crippen LogP contribution < -0.4 is 5.73 Å². The normalized spacial score (nSPS) is 30.2. The summed E-state index contributed by atoms with van der Waals surface area (Å²) in [7, 11) is 0. The van der Waals surface area contributed by atoms with Crippen LogP contribution in [0.1, 0.15) is 45.4 Å². The van der Waals surface area contributed by atoms with E-state index in [1.165, 1.54) is 19.3 Å². The van der Waals surface area contributed by atoms with E-state index >= 15 is 0 Å². The third kappa shape index (κ3) is 3.51. The molecular formula is C15H28N2O3. The monoisotopic (exact) mass is 284 g/mol. The summed E-state index contributed by atoms with van der Waals surface area (Å²) in [6.45, 7) is 3.57. The van der Waals surface area contributed by atoms with Crippen molar-refractivity contribution in [2.75, 3.05) is 26.3 Å². The zero-order valence-corrected chi connectivity index (χ0v) is 12.5. The van der Waals surface area contributed by atoms with E-state index in [1.807, 2.05) is 11.8 Å². The van der Waals surface area contributed by atoms with Gasteiger partial charge in [0, 0.05) is 13.0 Å². The molecule has 0 aromatic heterocycles. The van der Waals surface area contributed by atoms with Crippen molar-refractivity contribution in [3.63, 3.8) is 0 Å². The van der Waals surface area contributed by atoms with Gasteiger partial charge in [-0.3, -0.25) is 4.79 Å². The van der Waals surface area contributed by atoms with E-state index in [2.05, 4.69) is 0 Å². The zero-order chi connectivity index (χ0) is 14.6. The first kappa shape index (κ1) is 15.7. The van der Waals surface area contributed by atoms with Crippen LogP contribution in [0.4, 0.5) is 0 Å². The number of carbonyl (C=O) groups is 1. The zero-order valence-electron chi connectivity index (χ0n) is 12.5. The van der Waals surface area contributed by atoms with Crippen molar-refractivity contribution in [2.45, 2.75) is 57.6 Å². The molecule has 1 amide bonds. The molecule has 0 spiro atoms. The SMILES string of the molecule is CC1COC(CO)CN1C(=O)CC1(CN)CCCCC1. The Labute approximate surface area is 121 Å². The highest BCUT2D eigenvalue weighted by molar-refractivity contribution is 5.77. The fourth-order valence-corrected chi connectivity index (χ4v) is 3.45. The molecule has 0 radical (unpaired) electrons. The fraction of sp³-hybridized carbons (Fsp3) is 0.933. The number of amides is 1. The van der Waals surface area contributed by atoms with Crippen molar-refractivity contribution in [3.05, 3.63) is 0 Å². The largest absolute Gasteiger partial charge is 0.394 e. The van der Waals surface area contributed by atoms with Gasteiger partial charge in [-0.1, -0.05) is 19.3 Å². The van der Waals surface area contributed by atoms with Crippen LogP contribution in [0.15, 0.2) is 0 Å². The van der Waals surface area contributed by atoms with Crippen molar-refractivity contribution in [2.24, 2.45) is 11.1 Å². The third-order valence-electron chi connectivity index (χ3n) is 4.90. The van der Waals surface area contributed by atoms with Gasteiger partial charge in [0.1, 0.15) is 0 Å². The minimum Gasteiger partial charge on any atom is -0.394 e. The van der Waals surface area contributed by atoms with E-state index < -0.39 is 0 Å². The number of nitrogens with two attached hydrogens (primary N) is 1. The van der Waals surface area contributed by atoms with E-state index in [0.29, 0.717) is 26.1 Å². The predicted molar refractivity (Wildman–Crippen MR) is 77.2 cm³/mol. The highest BCUT2D eigenvalue weighted by Gasteiger charge is 2.37. The molecule has 1 saturated carbocycles. The summed E-state index contributed by atoms with van der Waals surface area (Å²) in [5, 5.41) is 9.21. The number of ether oxygens (including phenoxy) is 1. The summed E-state index contributed by atoms with van der Waals surface area (Å²) in [6, 6.07) is 0.0868. The molecule has 2 rings (SSSR count). The lowest BCUT2D eigenvalue weighted by Crippen LogP contribution is -2.53. The molecule has 0 bridgehead atoms. The average molecular weight is 284 g/mol. The Morgan fingerprint density at radius 1 is 1.40 bits per heavy atom. The minimum absolute atomic E-state index is 0.00205. The maximum atomic E-state index is 12.6. The van der Waals surface area contributed by atoms with Crippen LogP contribution in [-0.4, -0.2) is 54.4 Å². The quantitative estimate of drug-likeness (QED) is 0.804. The summed E-state index contributed by atoms with van der Waals surface area (Å²) >= 11 is 0. The molecule has 5 nitrogen and oxygen atoms in total. The minimum atomic E-state index is -0.240. The van der Waals surface area contributed by atoms with Gasteiger partial charge in [-0.25, -0.2) is 0 Å². The number of aliphatic hydroxyl groups is 1. The van der Waals surface area contributed by atoms with Gasteiger partial charge in [0.05, 0.1) is 25.4 Å². The predicted octanol–water partition coefficient (Wildman–Crippen LogP) is 0.894. The van der Waals surface area contributed by atoms with E-state index in [0.717, 1.165) is 12.8 Å². The molecule has 0 aromatic carbocycles. The van der Waals surface area contributed by atoms with Crippen molar-refractivity contribution in [3.8, 4) is 0 Å². The summed E-state index contributed by atoms with van der Waals surface area (Å²) in [5.41, 5.74) is 5.97. The smallest absolute Gasteiger partial charge is 0.223 e. The van der Waals surface area contributed by atoms with Crippen LogP contribution in [0.2, 0.25) is 0 Å². The van der Waals surface area contributed by atoms with Crippen LogP contribution in [-0.2, 0) is 9.53 Å². The van der Waals surface area contributed by atoms with Gasteiger partial charge < -0.3 is 20.5 Å². The first-order valence-corrected chi connectivity index (χ1v) is 7.82. The third-order valence-corrected chi connectivity index (χ3v) is 4.90. The average Bonchev–Trinajstić information content (AvgIpc) is 2.48. The van der Waals surface area contributed by atoms with Crippen LogP contribution in [0.25, 0.3) is 0 Å². The lowest BCUT2D eigenvalue weighted by molar-refractivity contribution is -0.149. The Bertz CT molecular complexity index is 329. The number of rotatable bonds is 4. The van der Waals surface area contributed by atoms with Gasteiger partial charge in [-0.15, -0.1) is 0 Å². The molecule has 1 aliphatic carbocycles. The number of aliphatic hydroxyl groups excluding tert-OH is 1. The Balaban J connectivity index is 1.98. The molecule has 0 aromatic rings. The van der Waals surface area contributed by atoms with Crippen LogP contribution in [0.3, 0.4) is 0 Å². The van der Waals surface area contributed by atoms with Crippen LogP contribution in [0, 0.1) is 5.41 Å². The Kier molecular flexibility index (Phi) is 5.41. The molecule has 2 aliphatic rings. The van der Waals surface area contributed by atoms with Crippen molar-refractivity contribution in [1.82, 2.24) is 4.90 Å². The lowest BCUT2D eigenvalue weighted by atomic mass is 9.71. The van der Waals surface area contributed by atoms with Gasteiger partial charge >= 0.3 is 0 Å². The van der Waals surface area contributed by atoms with Crippen LogP contribution >= 0.6 is 0 Å². The number of hydrogen-bond acceptors (Lipinski definition) is 4. The summed E-state index contributed by atoms with van der Waals surface area (Å²) in [5.74, 6) is 0.173. The second kappa shape index (κ2) is 6.87. The molecule has 2 atom stereocenters. The number of hydrogen-bond donors (Lipinski definition) is 2. The lowest BCUT2D eigenvalue weighted by Gasteiger charge is -2.41. The number of morpholine rings is 1. The molecule has 1 aliphatic heterocycles. The van der Waals surface area contributed by atoms with Crippen molar-refractivity contribution in [1.29, 1.82) is 0 Å². The summed E-state index contributed by atoms with van der Waals surface area (Å²) in [6.07, 6.45) is 6.07. The molecule has 5 heteroatoms. The van der Waals surface area contributed by atoms with Gasteiger partial charge in [0.2, 0.25) is 5.91 Å². The van der Waals surface area contributed by atoms with Gasteiger partial charge in [-0.2, -0.15) is 0 Å². The Morgan fingerprint density at radius 3 is 2.70 bits per heavy atom. The molecule has 20 heavy (non-hydrogen) atoms. The molecule has 3 N–H and O–H groups in total. The molecule has 1 heterocycles. The second-order valence-corrected chi connectivity index (χ2v) is 6.47. The standard InChI is InChI=1S/C15H28N2O3/c1-12-10-20-13(9-18)8-17(12)14(19)7-15(11-16)5-3-2-4-6-15/h12-13,18H,2-11,16H2,1H3. The maximum Gasteiger partial charge on any atom is 0.223 e. The van der Waals surface area contributed by atoms with E-state index in [-0.39, 0.29) is 30.1 Å². The molecule has 2 fully saturated rings. The first-order valence-electron chi connectivity index (χ1n) is 7.82. The van der Waals surface area contributed by atoms with Crippen LogP contribution in [0.5, 0.6) is 0 Å². The number of nitrogens with zero attached hydrogens (tertiary/aromatic N) is 1. The van der Waals surface area contributed by atoms with Crippen molar-refractivity contribution >= 4 is 5.91 Å². The van der Waals surface area contributed by atoms with E-state index in [1.54, 1.807) is 0 Å². The Morgan fingerprint density at radius 2 is 2.10 bits per heavy atom. The summed E-state index contributed by atoms with van der Waals surface area (Å²) in [4.78, 5) is 14.5. The van der Waals surface area contributed by atoms with Gasteiger partial charge in [0.25, 0.3) is 0 Å². The molecular weight excluding hydrogens is 256 g/mol. The molecule has 116 valence electrons. The summed E-state index contributed by atoms with van der Waals surface area (Å²) < 4.78 is 5.49. The van der Waals surface area contributed by atoms with E-state index in [9.17, 15) is 9.90 Å².